The highest BCUT2D eigenvalue weighted by atomic mass is 16.7. The van der Waals surface area contributed by atoms with Gasteiger partial charge in [-0.25, -0.2) is 0 Å². The fourth-order valence-electron chi connectivity index (χ4n) is 3.12. The van der Waals surface area contributed by atoms with Crippen LogP contribution in [0.15, 0.2) is 18.2 Å². The molecule has 138 valence electrons. The molecule has 3 rings (SSSR count). The van der Waals surface area contributed by atoms with Crippen LogP contribution in [-0.4, -0.2) is 49.6 Å². The fraction of sp³-hybridized carbons (Fsp3) is 0.632. The van der Waals surface area contributed by atoms with Crippen molar-refractivity contribution in [3.8, 4) is 11.5 Å². The van der Waals surface area contributed by atoms with Gasteiger partial charge in [0.1, 0.15) is 6.10 Å². The molecule has 0 radical (unpaired) electrons. The molecule has 1 aromatic rings. The van der Waals surface area contributed by atoms with E-state index in [9.17, 15) is 4.79 Å². The summed E-state index contributed by atoms with van der Waals surface area (Å²) >= 11 is 0. The van der Waals surface area contributed by atoms with Gasteiger partial charge in [-0.05, 0) is 50.8 Å². The van der Waals surface area contributed by atoms with E-state index >= 15 is 0 Å². The lowest BCUT2D eigenvalue weighted by atomic mass is 10.1. The quantitative estimate of drug-likeness (QED) is 0.758. The Morgan fingerprint density at radius 3 is 2.92 bits per heavy atom. The van der Waals surface area contributed by atoms with E-state index in [-0.39, 0.29) is 18.8 Å². The monoisotopic (exact) mass is 349 g/mol. The van der Waals surface area contributed by atoms with Crippen molar-refractivity contribution in [2.45, 2.75) is 51.9 Å². The van der Waals surface area contributed by atoms with Crippen LogP contribution in [0.5, 0.6) is 11.5 Å². The van der Waals surface area contributed by atoms with Gasteiger partial charge < -0.3 is 23.8 Å². The van der Waals surface area contributed by atoms with Crippen LogP contribution in [0.3, 0.4) is 0 Å². The highest BCUT2D eigenvalue weighted by Gasteiger charge is 2.23. The van der Waals surface area contributed by atoms with Crippen molar-refractivity contribution in [1.29, 1.82) is 0 Å². The molecule has 1 saturated heterocycles. The summed E-state index contributed by atoms with van der Waals surface area (Å²) in [5.74, 6) is 1.48. The number of likely N-dealkylation sites (N-methyl/N-ethyl adjacent to an activating group) is 1. The van der Waals surface area contributed by atoms with Gasteiger partial charge in [-0.2, -0.15) is 0 Å². The lowest BCUT2D eigenvalue weighted by Gasteiger charge is -2.27. The lowest BCUT2D eigenvalue weighted by molar-refractivity contribution is -0.146. The SMILES string of the molecule is CCN(Cc1ccc2c(c1)OCO2)C(=O)C(C)OCC1CCCCO1. The minimum atomic E-state index is -0.473. The topological polar surface area (TPSA) is 57.2 Å². The van der Waals surface area contributed by atoms with E-state index in [0.717, 1.165) is 36.5 Å². The highest BCUT2D eigenvalue weighted by molar-refractivity contribution is 5.80. The summed E-state index contributed by atoms with van der Waals surface area (Å²) in [6, 6.07) is 5.78. The molecule has 0 bridgehead atoms. The lowest BCUT2D eigenvalue weighted by Crippen LogP contribution is -2.40. The number of nitrogens with zero attached hydrogens (tertiary/aromatic N) is 1. The minimum absolute atomic E-state index is 0.00373. The van der Waals surface area contributed by atoms with E-state index in [1.165, 1.54) is 6.42 Å². The van der Waals surface area contributed by atoms with E-state index in [1.807, 2.05) is 32.0 Å². The van der Waals surface area contributed by atoms with Gasteiger partial charge >= 0.3 is 0 Å². The summed E-state index contributed by atoms with van der Waals surface area (Å²) in [5.41, 5.74) is 1.02. The van der Waals surface area contributed by atoms with Crippen molar-refractivity contribution in [2.24, 2.45) is 0 Å². The molecule has 0 spiro atoms. The number of fused-ring (bicyclic) bond motifs is 1. The molecule has 1 aromatic carbocycles. The molecule has 2 atom stereocenters. The van der Waals surface area contributed by atoms with Gasteiger partial charge in [0.25, 0.3) is 5.91 Å². The van der Waals surface area contributed by atoms with Crippen LogP contribution in [0, 0.1) is 0 Å². The number of carbonyl (C=O) groups excluding carboxylic acids is 1. The van der Waals surface area contributed by atoms with Gasteiger partial charge in [-0.3, -0.25) is 4.79 Å². The van der Waals surface area contributed by atoms with E-state index in [2.05, 4.69) is 0 Å². The zero-order valence-corrected chi connectivity index (χ0v) is 15.0. The molecular weight excluding hydrogens is 322 g/mol. The number of hydrogen-bond acceptors (Lipinski definition) is 5. The maximum absolute atomic E-state index is 12.7. The molecule has 0 saturated carbocycles. The molecule has 6 nitrogen and oxygen atoms in total. The van der Waals surface area contributed by atoms with Crippen LogP contribution in [0.2, 0.25) is 0 Å². The third-order valence-electron chi connectivity index (χ3n) is 4.66. The standard InChI is InChI=1S/C19H27NO5/c1-3-20(11-15-7-8-17-18(10-15)25-13-24-17)19(21)14(2)23-12-16-6-4-5-9-22-16/h7-8,10,14,16H,3-6,9,11-13H2,1-2H3. The first kappa shape index (κ1) is 18.0. The molecule has 25 heavy (non-hydrogen) atoms. The predicted octanol–water partition coefficient (Wildman–Crippen LogP) is 2.74. The van der Waals surface area contributed by atoms with E-state index in [1.54, 1.807) is 4.90 Å². The van der Waals surface area contributed by atoms with Crippen molar-refractivity contribution < 1.29 is 23.7 Å². The van der Waals surface area contributed by atoms with Crippen molar-refractivity contribution >= 4 is 5.91 Å². The zero-order valence-electron chi connectivity index (χ0n) is 15.0. The van der Waals surface area contributed by atoms with Gasteiger partial charge in [0.2, 0.25) is 6.79 Å². The third kappa shape index (κ3) is 4.64. The second-order valence-electron chi connectivity index (χ2n) is 6.50. The fourth-order valence-corrected chi connectivity index (χ4v) is 3.12. The summed E-state index contributed by atoms with van der Waals surface area (Å²) in [7, 11) is 0. The van der Waals surface area contributed by atoms with E-state index in [0.29, 0.717) is 19.7 Å². The van der Waals surface area contributed by atoms with Gasteiger partial charge in [0, 0.05) is 19.7 Å². The Labute approximate surface area is 149 Å². The van der Waals surface area contributed by atoms with Gasteiger partial charge in [0.05, 0.1) is 12.7 Å². The molecule has 0 aromatic heterocycles. The first-order chi connectivity index (χ1) is 12.2. The van der Waals surface area contributed by atoms with Crippen molar-refractivity contribution in [2.75, 3.05) is 26.6 Å². The minimum Gasteiger partial charge on any atom is -0.454 e. The molecular formula is C19H27NO5. The summed E-state index contributed by atoms with van der Waals surface area (Å²) in [4.78, 5) is 14.5. The molecule has 0 N–H and O–H groups in total. The molecule has 0 aliphatic carbocycles. The predicted molar refractivity (Wildman–Crippen MR) is 92.7 cm³/mol. The van der Waals surface area contributed by atoms with Gasteiger partial charge in [0.15, 0.2) is 11.5 Å². The van der Waals surface area contributed by atoms with Gasteiger partial charge in [-0.1, -0.05) is 6.07 Å². The molecule has 2 aliphatic rings. The summed E-state index contributed by atoms with van der Waals surface area (Å²) in [5, 5.41) is 0. The second kappa shape index (κ2) is 8.54. The first-order valence-corrected chi connectivity index (χ1v) is 9.08. The number of rotatable bonds is 7. The average molecular weight is 349 g/mol. The molecule has 2 aliphatic heterocycles. The molecule has 1 fully saturated rings. The maximum Gasteiger partial charge on any atom is 0.251 e. The van der Waals surface area contributed by atoms with Crippen molar-refractivity contribution in [3.05, 3.63) is 23.8 Å². The Balaban J connectivity index is 1.53. The third-order valence-corrected chi connectivity index (χ3v) is 4.66. The number of hydrogen-bond donors (Lipinski definition) is 0. The van der Waals surface area contributed by atoms with Crippen LogP contribution in [-0.2, 0) is 20.8 Å². The number of amides is 1. The van der Waals surface area contributed by atoms with E-state index < -0.39 is 6.10 Å². The summed E-state index contributed by atoms with van der Waals surface area (Å²) in [6.07, 6.45) is 2.94. The zero-order chi connectivity index (χ0) is 17.6. The van der Waals surface area contributed by atoms with Crippen LogP contribution in [0.4, 0.5) is 0 Å². The highest BCUT2D eigenvalue weighted by Crippen LogP contribution is 2.32. The van der Waals surface area contributed by atoms with Crippen LogP contribution < -0.4 is 9.47 Å². The number of benzene rings is 1. The Kier molecular flexibility index (Phi) is 6.15. The largest absolute Gasteiger partial charge is 0.454 e. The summed E-state index contributed by atoms with van der Waals surface area (Å²) in [6.45, 7) is 6.47. The summed E-state index contributed by atoms with van der Waals surface area (Å²) < 4.78 is 22.2. The van der Waals surface area contributed by atoms with Crippen LogP contribution in [0.1, 0.15) is 38.7 Å². The van der Waals surface area contributed by atoms with Crippen molar-refractivity contribution in [1.82, 2.24) is 4.90 Å². The Bertz CT molecular complexity index is 585. The normalized spacial score (nSPS) is 20.3. The maximum atomic E-state index is 12.7. The number of ether oxygens (including phenoxy) is 4. The Hall–Kier alpha value is -1.79. The smallest absolute Gasteiger partial charge is 0.251 e. The van der Waals surface area contributed by atoms with Crippen LogP contribution in [0.25, 0.3) is 0 Å². The Morgan fingerprint density at radius 2 is 2.16 bits per heavy atom. The molecule has 6 heteroatoms. The number of carbonyl (C=O) groups is 1. The first-order valence-electron chi connectivity index (χ1n) is 9.08. The molecule has 2 heterocycles. The van der Waals surface area contributed by atoms with Crippen LogP contribution >= 0.6 is 0 Å². The van der Waals surface area contributed by atoms with Crippen molar-refractivity contribution in [3.63, 3.8) is 0 Å². The Morgan fingerprint density at radius 1 is 1.32 bits per heavy atom. The molecule has 2 unspecified atom stereocenters. The second-order valence-corrected chi connectivity index (χ2v) is 6.50. The van der Waals surface area contributed by atoms with Gasteiger partial charge in [-0.15, -0.1) is 0 Å². The average Bonchev–Trinajstić information content (AvgIpc) is 3.12. The molecule has 1 amide bonds. The van der Waals surface area contributed by atoms with E-state index in [4.69, 9.17) is 18.9 Å².